The maximum absolute atomic E-state index is 6.13. The van der Waals surface area contributed by atoms with E-state index in [2.05, 4.69) is 43.2 Å². The van der Waals surface area contributed by atoms with Crippen LogP contribution in [0.15, 0.2) is 51.4 Å². The molecule has 0 atom stereocenters. The first kappa shape index (κ1) is 12.9. The van der Waals surface area contributed by atoms with Gasteiger partial charge in [0.25, 0.3) is 0 Å². The molecule has 0 aliphatic heterocycles. The van der Waals surface area contributed by atoms with E-state index in [9.17, 15) is 0 Å². The molecule has 0 aliphatic rings. The third-order valence-corrected chi connectivity index (χ3v) is 3.94. The van der Waals surface area contributed by atoms with Crippen LogP contribution >= 0.6 is 43.5 Å². The van der Waals surface area contributed by atoms with Crippen molar-refractivity contribution in [2.75, 3.05) is 5.32 Å². The Hall–Kier alpha value is -0.510. The normalized spacial score (nSPS) is 10.3. The third kappa shape index (κ3) is 3.47. The molecule has 2 aromatic rings. The summed E-state index contributed by atoms with van der Waals surface area (Å²) in [5, 5.41) is 4.03. The number of benzene rings is 2. The zero-order chi connectivity index (χ0) is 12.3. The van der Waals surface area contributed by atoms with Crippen molar-refractivity contribution < 1.29 is 0 Å². The van der Waals surface area contributed by atoms with Crippen molar-refractivity contribution in [3.05, 3.63) is 62.0 Å². The summed E-state index contributed by atoms with van der Waals surface area (Å²) >= 11 is 13.0. The summed E-state index contributed by atoms with van der Waals surface area (Å²) in [6.07, 6.45) is 0. The van der Waals surface area contributed by atoms with Gasteiger partial charge in [-0.1, -0.05) is 61.7 Å². The van der Waals surface area contributed by atoms with Gasteiger partial charge in [0.15, 0.2) is 0 Å². The van der Waals surface area contributed by atoms with Gasteiger partial charge in [0.05, 0.1) is 10.7 Å². The largest absolute Gasteiger partial charge is 0.380 e. The summed E-state index contributed by atoms with van der Waals surface area (Å²) < 4.78 is 2.08. The molecule has 17 heavy (non-hydrogen) atoms. The van der Waals surface area contributed by atoms with Crippen LogP contribution in [-0.2, 0) is 6.54 Å². The minimum Gasteiger partial charge on any atom is -0.380 e. The molecule has 0 fully saturated rings. The van der Waals surface area contributed by atoms with Crippen LogP contribution in [-0.4, -0.2) is 0 Å². The Balaban J connectivity index is 2.10. The fourth-order valence-electron chi connectivity index (χ4n) is 1.47. The van der Waals surface area contributed by atoms with Gasteiger partial charge in [0.2, 0.25) is 0 Å². The van der Waals surface area contributed by atoms with Gasteiger partial charge in [-0.25, -0.2) is 0 Å². The zero-order valence-corrected chi connectivity index (χ0v) is 12.8. The predicted molar refractivity (Wildman–Crippen MR) is 80.6 cm³/mol. The second-order valence-corrected chi connectivity index (χ2v) is 5.75. The SMILES string of the molecule is Clc1cc(Br)ccc1NCc1ccccc1Br. The highest BCUT2D eigenvalue weighted by molar-refractivity contribution is 9.10. The number of hydrogen-bond donors (Lipinski definition) is 1. The Kier molecular flexibility index (Phi) is 4.48. The molecule has 0 spiro atoms. The van der Waals surface area contributed by atoms with Crippen molar-refractivity contribution in [1.82, 2.24) is 0 Å². The highest BCUT2D eigenvalue weighted by Crippen LogP contribution is 2.26. The number of halogens is 3. The fraction of sp³-hybridized carbons (Fsp3) is 0.0769. The summed E-state index contributed by atoms with van der Waals surface area (Å²) in [6.45, 7) is 0.739. The van der Waals surface area contributed by atoms with Gasteiger partial charge < -0.3 is 5.32 Å². The molecule has 4 heteroatoms. The maximum atomic E-state index is 6.13. The van der Waals surface area contributed by atoms with Gasteiger partial charge in [-0.15, -0.1) is 0 Å². The molecule has 0 saturated carbocycles. The van der Waals surface area contributed by atoms with E-state index in [0.717, 1.165) is 21.2 Å². The van der Waals surface area contributed by atoms with Crippen LogP contribution in [0, 0.1) is 0 Å². The van der Waals surface area contributed by atoms with E-state index < -0.39 is 0 Å². The second kappa shape index (κ2) is 5.89. The summed E-state index contributed by atoms with van der Waals surface area (Å²) in [5.41, 5.74) is 2.14. The Morgan fingerprint density at radius 2 is 1.82 bits per heavy atom. The molecule has 0 aromatic heterocycles. The lowest BCUT2D eigenvalue weighted by Gasteiger charge is -2.10. The molecule has 0 radical (unpaired) electrons. The van der Waals surface area contributed by atoms with Crippen molar-refractivity contribution in [2.45, 2.75) is 6.54 Å². The first-order valence-electron chi connectivity index (χ1n) is 5.09. The van der Waals surface area contributed by atoms with E-state index in [0.29, 0.717) is 5.02 Å². The van der Waals surface area contributed by atoms with Crippen LogP contribution in [0.25, 0.3) is 0 Å². The van der Waals surface area contributed by atoms with Crippen molar-refractivity contribution in [2.24, 2.45) is 0 Å². The van der Waals surface area contributed by atoms with Crippen LogP contribution in [0.4, 0.5) is 5.69 Å². The van der Waals surface area contributed by atoms with E-state index in [4.69, 9.17) is 11.6 Å². The third-order valence-electron chi connectivity index (χ3n) is 2.36. The molecular weight excluding hydrogens is 365 g/mol. The number of anilines is 1. The molecule has 88 valence electrons. The van der Waals surface area contributed by atoms with Gasteiger partial charge in [0, 0.05) is 15.5 Å². The van der Waals surface area contributed by atoms with Crippen molar-refractivity contribution in [3.8, 4) is 0 Å². The minimum atomic E-state index is 0.714. The lowest BCUT2D eigenvalue weighted by Crippen LogP contribution is -2.00. The molecule has 0 bridgehead atoms. The smallest absolute Gasteiger partial charge is 0.0648 e. The number of rotatable bonds is 3. The molecule has 1 N–H and O–H groups in total. The lowest BCUT2D eigenvalue weighted by molar-refractivity contribution is 1.14. The predicted octanol–water partition coefficient (Wildman–Crippen LogP) is 5.48. The molecule has 0 aliphatic carbocycles. The Labute approximate surface area is 122 Å². The van der Waals surface area contributed by atoms with Crippen molar-refractivity contribution in [3.63, 3.8) is 0 Å². The Bertz CT molecular complexity index is 529. The molecule has 2 rings (SSSR count). The number of nitrogens with one attached hydrogen (secondary N) is 1. The first-order chi connectivity index (χ1) is 8.16. The van der Waals surface area contributed by atoms with E-state index in [-0.39, 0.29) is 0 Å². The molecule has 0 unspecified atom stereocenters. The Morgan fingerprint density at radius 1 is 1.06 bits per heavy atom. The van der Waals surface area contributed by atoms with Gasteiger partial charge in [0.1, 0.15) is 0 Å². The average Bonchev–Trinajstić information content (AvgIpc) is 2.30. The van der Waals surface area contributed by atoms with Crippen LogP contribution in [0.1, 0.15) is 5.56 Å². The van der Waals surface area contributed by atoms with E-state index in [1.54, 1.807) is 0 Å². The fourth-order valence-corrected chi connectivity index (χ4v) is 2.63. The van der Waals surface area contributed by atoms with Gasteiger partial charge >= 0.3 is 0 Å². The zero-order valence-electron chi connectivity index (χ0n) is 8.88. The van der Waals surface area contributed by atoms with E-state index in [1.165, 1.54) is 5.56 Å². The van der Waals surface area contributed by atoms with Crippen molar-refractivity contribution >= 4 is 49.1 Å². The van der Waals surface area contributed by atoms with Crippen LogP contribution < -0.4 is 5.32 Å². The summed E-state index contributed by atoms with van der Waals surface area (Å²) in [7, 11) is 0. The minimum absolute atomic E-state index is 0.714. The second-order valence-electron chi connectivity index (χ2n) is 3.57. The molecule has 0 heterocycles. The molecule has 1 nitrogen and oxygen atoms in total. The highest BCUT2D eigenvalue weighted by Gasteiger charge is 2.02. The van der Waals surface area contributed by atoms with Crippen LogP contribution in [0.2, 0.25) is 5.02 Å². The molecule has 0 amide bonds. The number of hydrogen-bond acceptors (Lipinski definition) is 1. The summed E-state index contributed by atoms with van der Waals surface area (Å²) in [4.78, 5) is 0. The summed E-state index contributed by atoms with van der Waals surface area (Å²) in [6, 6.07) is 13.9. The van der Waals surface area contributed by atoms with E-state index in [1.807, 2.05) is 36.4 Å². The van der Waals surface area contributed by atoms with Gasteiger partial charge in [-0.3, -0.25) is 0 Å². The van der Waals surface area contributed by atoms with E-state index >= 15 is 0 Å². The topological polar surface area (TPSA) is 12.0 Å². The van der Waals surface area contributed by atoms with Gasteiger partial charge in [-0.05, 0) is 29.8 Å². The molecule has 0 saturated heterocycles. The van der Waals surface area contributed by atoms with Crippen LogP contribution in [0.3, 0.4) is 0 Å². The maximum Gasteiger partial charge on any atom is 0.0648 e. The highest BCUT2D eigenvalue weighted by atomic mass is 79.9. The lowest BCUT2D eigenvalue weighted by atomic mass is 10.2. The molecule has 2 aromatic carbocycles. The summed E-state index contributed by atoms with van der Waals surface area (Å²) in [5.74, 6) is 0. The standard InChI is InChI=1S/C13H10Br2ClN/c14-10-5-6-13(12(16)7-10)17-8-9-3-1-2-4-11(9)15/h1-7,17H,8H2. The first-order valence-corrected chi connectivity index (χ1v) is 7.05. The van der Waals surface area contributed by atoms with Crippen LogP contribution in [0.5, 0.6) is 0 Å². The Morgan fingerprint density at radius 3 is 2.53 bits per heavy atom. The quantitative estimate of drug-likeness (QED) is 0.749. The monoisotopic (exact) mass is 373 g/mol. The average molecular weight is 375 g/mol. The van der Waals surface area contributed by atoms with Gasteiger partial charge in [-0.2, -0.15) is 0 Å². The van der Waals surface area contributed by atoms with Crippen molar-refractivity contribution in [1.29, 1.82) is 0 Å². The molecular formula is C13H10Br2ClN.